The van der Waals surface area contributed by atoms with Crippen LogP contribution in [0, 0.1) is 22.0 Å². The van der Waals surface area contributed by atoms with Crippen LogP contribution in [0.2, 0.25) is 0 Å². The van der Waals surface area contributed by atoms with Gasteiger partial charge in [-0.25, -0.2) is 0 Å². The first-order valence-electron chi connectivity index (χ1n) is 6.07. The van der Waals surface area contributed by atoms with Gasteiger partial charge in [-0.05, 0) is 41.0 Å². The minimum atomic E-state index is -0.421. The summed E-state index contributed by atoms with van der Waals surface area (Å²) in [7, 11) is 1.79. The molecule has 0 aliphatic heterocycles. The van der Waals surface area contributed by atoms with E-state index in [-0.39, 0.29) is 5.82 Å². The van der Waals surface area contributed by atoms with E-state index >= 15 is 0 Å². The zero-order chi connectivity index (χ0) is 12.0. The molecule has 1 aromatic heterocycles. The predicted molar refractivity (Wildman–Crippen MR) is 62.7 cm³/mol. The number of hydrogen-bond donors (Lipinski definition) is 1. The van der Waals surface area contributed by atoms with Crippen LogP contribution in [0.25, 0.3) is 0 Å². The molecule has 1 N–H and O–H groups in total. The molecule has 2 aliphatic carbocycles. The van der Waals surface area contributed by atoms with E-state index in [1.165, 1.54) is 25.6 Å². The van der Waals surface area contributed by atoms with E-state index < -0.39 is 4.92 Å². The molecule has 0 radical (unpaired) electrons. The number of aryl methyl sites for hydroxylation is 1. The summed E-state index contributed by atoms with van der Waals surface area (Å²) in [4.78, 5) is 14.3. The molecule has 0 aromatic carbocycles. The predicted octanol–water partition coefficient (Wildman–Crippen LogP) is 1.93. The van der Waals surface area contributed by atoms with Crippen molar-refractivity contribution in [1.29, 1.82) is 0 Å². The fourth-order valence-corrected chi connectivity index (χ4v) is 3.31. The lowest BCUT2D eigenvalue weighted by atomic mass is 9.95. The molecule has 3 rings (SSSR count). The minimum absolute atomic E-state index is 0.0599. The van der Waals surface area contributed by atoms with Crippen LogP contribution in [-0.4, -0.2) is 20.5 Å². The van der Waals surface area contributed by atoms with Crippen molar-refractivity contribution in [2.45, 2.75) is 31.7 Å². The fourth-order valence-electron chi connectivity index (χ4n) is 3.31. The fraction of sp³-hybridized carbons (Fsp3) is 0.727. The van der Waals surface area contributed by atoms with Crippen molar-refractivity contribution in [3.05, 3.63) is 16.4 Å². The summed E-state index contributed by atoms with van der Waals surface area (Å²) in [5.41, 5.74) is 0. The van der Waals surface area contributed by atoms with Gasteiger partial charge >= 0.3 is 5.82 Å². The normalized spacial score (nSPS) is 30.8. The first-order valence-corrected chi connectivity index (χ1v) is 6.07. The summed E-state index contributed by atoms with van der Waals surface area (Å²) in [5.74, 6) is 2.00. The third-order valence-electron chi connectivity index (χ3n) is 4.15. The smallest absolute Gasteiger partial charge is 0.361 e. The zero-order valence-corrected chi connectivity index (χ0v) is 9.80. The molecule has 2 aliphatic rings. The SMILES string of the molecule is Cn1cnc([N+](=O)[O-])c1NC1CC2CCC1C2. The van der Waals surface area contributed by atoms with Crippen molar-refractivity contribution in [2.24, 2.45) is 18.9 Å². The highest BCUT2D eigenvalue weighted by Crippen LogP contribution is 2.45. The summed E-state index contributed by atoms with van der Waals surface area (Å²) >= 11 is 0. The second-order valence-electron chi connectivity index (χ2n) is 5.21. The van der Waals surface area contributed by atoms with Crippen molar-refractivity contribution < 1.29 is 4.92 Å². The number of nitrogens with zero attached hydrogens (tertiary/aromatic N) is 3. The minimum Gasteiger partial charge on any atom is -0.361 e. The Kier molecular flexibility index (Phi) is 2.31. The highest BCUT2D eigenvalue weighted by molar-refractivity contribution is 5.53. The van der Waals surface area contributed by atoms with Crippen LogP contribution in [-0.2, 0) is 7.05 Å². The van der Waals surface area contributed by atoms with Crippen LogP contribution in [0.5, 0.6) is 0 Å². The molecule has 92 valence electrons. The molecular weight excluding hydrogens is 220 g/mol. The Morgan fingerprint density at radius 3 is 2.94 bits per heavy atom. The Hall–Kier alpha value is -1.59. The number of hydrogen-bond acceptors (Lipinski definition) is 4. The Morgan fingerprint density at radius 1 is 1.53 bits per heavy atom. The lowest BCUT2D eigenvalue weighted by Crippen LogP contribution is -2.27. The van der Waals surface area contributed by atoms with Crippen molar-refractivity contribution in [1.82, 2.24) is 9.55 Å². The van der Waals surface area contributed by atoms with Gasteiger partial charge in [0.2, 0.25) is 12.1 Å². The highest BCUT2D eigenvalue weighted by atomic mass is 16.6. The number of aromatic nitrogens is 2. The molecule has 17 heavy (non-hydrogen) atoms. The maximum atomic E-state index is 10.9. The molecule has 0 saturated heterocycles. The lowest BCUT2D eigenvalue weighted by molar-refractivity contribution is -0.388. The molecule has 3 atom stereocenters. The standard InChI is InChI=1S/C11H16N4O2/c1-14-6-12-10(15(16)17)11(14)13-9-5-7-2-3-8(9)4-7/h6-9,13H,2-5H2,1H3. The van der Waals surface area contributed by atoms with Gasteiger partial charge in [-0.1, -0.05) is 6.42 Å². The number of nitro groups is 1. The Morgan fingerprint density at radius 2 is 2.35 bits per heavy atom. The first-order chi connectivity index (χ1) is 8.15. The third kappa shape index (κ3) is 1.67. The molecular formula is C11H16N4O2. The number of rotatable bonds is 3. The van der Waals surface area contributed by atoms with E-state index in [1.54, 1.807) is 11.6 Å². The molecule has 3 unspecified atom stereocenters. The van der Waals surface area contributed by atoms with Gasteiger partial charge in [0.05, 0.1) is 0 Å². The molecule has 6 nitrogen and oxygen atoms in total. The molecule has 2 saturated carbocycles. The monoisotopic (exact) mass is 236 g/mol. The first kappa shape index (κ1) is 10.6. The van der Waals surface area contributed by atoms with Gasteiger partial charge in [0.25, 0.3) is 0 Å². The summed E-state index contributed by atoms with van der Waals surface area (Å²) in [6.07, 6.45) is 6.51. The van der Waals surface area contributed by atoms with E-state index in [1.807, 2.05) is 0 Å². The topological polar surface area (TPSA) is 73.0 Å². The quantitative estimate of drug-likeness (QED) is 0.643. The van der Waals surface area contributed by atoms with Gasteiger partial charge in [-0.3, -0.25) is 4.57 Å². The molecule has 1 aromatic rings. The van der Waals surface area contributed by atoms with E-state index in [0.717, 1.165) is 12.3 Å². The van der Waals surface area contributed by atoms with Crippen LogP contribution in [0.15, 0.2) is 6.33 Å². The van der Waals surface area contributed by atoms with Crippen LogP contribution in [0.1, 0.15) is 25.7 Å². The van der Waals surface area contributed by atoms with Crippen molar-refractivity contribution in [3.8, 4) is 0 Å². The van der Waals surface area contributed by atoms with Gasteiger partial charge in [0, 0.05) is 13.1 Å². The van der Waals surface area contributed by atoms with Gasteiger partial charge in [0.1, 0.15) is 0 Å². The highest BCUT2D eigenvalue weighted by Gasteiger charge is 2.40. The van der Waals surface area contributed by atoms with Crippen molar-refractivity contribution >= 4 is 11.6 Å². The van der Waals surface area contributed by atoms with Crippen LogP contribution in [0.3, 0.4) is 0 Å². The second kappa shape index (κ2) is 3.72. The number of nitrogens with one attached hydrogen (secondary N) is 1. The van der Waals surface area contributed by atoms with Crippen LogP contribution in [0.4, 0.5) is 11.6 Å². The van der Waals surface area contributed by atoms with Crippen molar-refractivity contribution in [2.75, 3.05) is 5.32 Å². The second-order valence-corrected chi connectivity index (χ2v) is 5.21. The van der Waals surface area contributed by atoms with Gasteiger partial charge in [-0.15, -0.1) is 0 Å². The van der Waals surface area contributed by atoms with Gasteiger partial charge < -0.3 is 15.4 Å². The average molecular weight is 236 g/mol. The maximum Gasteiger partial charge on any atom is 0.406 e. The summed E-state index contributed by atoms with van der Waals surface area (Å²) in [5, 5.41) is 14.2. The molecule has 2 fully saturated rings. The number of anilines is 1. The molecule has 6 heteroatoms. The molecule has 0 amide bonds. The van der Waals surface area contributed by atoms with Crippen molar-refractivity contribution in [3.63, 3.8) is 0 Å². The summed E-state index contributed by atoms with van der Waals surface area (Å²) in [6.45, 7) is 0. The van der Waals surface area contributed by atoms with E-state index in [2.05, 4.69) is 10.3 Å². The van der Waals surface area contributed by atoms with Crippen LogP contribution >= 0.6 is 0 Å². The molecule has 0 spiro atoms. The maximum absolute atomic E-state index is 10.9. The van der Waals surface area contributed by atoms with E-state index in [0.29, 0.717) is 17.8 Å². The lowest BCUT2D eigenvalue weighted by Gasteiger charge is -2.23. The summed E-state index contributed by atoms with van der Waals surface area (Å²) in [6, 6.07) is 0.392. The van der Waals surface area contributed by atoms with Gasteiger partial charge in [-0.2, -0.15) is 0 Å². The molecule has 1 heterocycles. The van der Waals surface area contributed by atoms with Crippen LogP contribution < -0.4 is 5.32 Å². The van der Waals surface area contributed by atoms with E-state index in [9.17, 15) is 10.1 Å². The number of fused-ring (bicyclic) bond motifs is 2. The zero-order valence-electron chi connectivity index (χ0n) is 9.80. The Balaban J connectivity index is 1.81. The van der Waals surface area contributed by atoms with Gasteiger partial charge in [0.15, 0.2) is 0 Å². The average Bonchev–Trinajstić information content (AvgIpc) is 2.95. The third-order valence-corrected chi connectivity index (χ3v) is 4.15. The number of imidazole rings is 1. The Bertz CT molecular complexity index is 456. The summed E-state index contributed by atoms with van der Waals surface area (Å²) < 4.78 is 1.70. The Labute approximate surface area is 99.2 Å². The largest absolute Gasteiger partial charge is 0.406 e. The van der Waals surface area contributed by atoms with E-state index in [4.69, 9.17) is 0 Å². The molecule has 2 bridgehead atoms.